The van der Waals surface area contributed by atoms with Gasteiger partial charge in [-0.25, -0.2) is 0 Å². The molecular formula is C20H29NO3. The predicted octanol–water partition coefficient (Wildman–Crippen LogP) is 3.88. The van der Waals surface area contributed by atoms with Crippen molar-refractivity contribution < 1.29 is 14.3 Å². The van der Waals surface area contributed by atoms with E-state index in [4.69, 9.17) is 9.15 Å². The molecule has 2 aromatic rings. The molecule has 24 heavy (non-hydrogen) atoms. The van der Waals surface area contributed by atoms with E-state index >= 15 is 0 Å². The van der Waals surface area contributed by atoms with Crippen molar-refractivity contribution in [2.75, 3.05) is 19.7 Å². The molecule has 2 rings (SSSR count). The van der Waals surface area contributed by atoms with Crippen LogP contribution in [0.5, 0.6) is 5.75 Å². The van der Waals surface area contributed by atoms with Gasteiger partial charge in [-0.3, -0.25) is 4.90 Å². The lowest BCUT2D eigenvalue weighted by Crippen LogP contribution is -2.36. The molecule has 1 atom stereocenters. The van der Waals surface area contributed by atoms with Crippen LogP contribution in [0.2, 0.25) is 0 Å². The van der Waals surface area contributed by atoms with Crippen LogP contribution in [0.25, 0.3) is 0 Å². The van der Waals surface area contributed by atoms with Gasteiger partial charge in [-0.1, -0.05) is 32.0 Å². The van der Waals surface area contributed by atoms with E-state index in [-0.39, 0.29) is 0 Å². The number of furan rings is 1. The number of rotatable bonds is 10. The molecule has 0 spiro atoms. The Bertz CT molecular complexity index is 580. The topological polar surface area (TPSA) is 45.8 Å². The van der Waals surface area contributed by atoms with Crippen molar-refractivity contribution in [1.29, 1.82) is 0 Å². The maximum absolute atomic E-state index is 10.3. The van der Waals surface area contributed by atoms with Crippen LogP contribution in [0.3, 0.4) is 0 Å². The van der Waals surface area contributed by atoms with Crippen molar-refractivity contribution >= 4 is 0 Å². The molecule has 0 aliphatic heterocycles. The van der Waals surface area contributed by atoms with Crippen LogP contribution in [0, 0.1) is 12.8 Å². The van der Waals surface area contributed by atoms with Gasteiger partial charge in [0.1, 0.15) is 30.0 Å². The van der Waals surface area contributed by atoms with E-state index in [0.29, 0.717) is 25.6 Å². The second-order valence-electron chi connectivity index (χ2n) is 6.71. The molecular weight excluding hydrogens is 302 g/mol. The quantitative estimate of drug-likeness (QED) is 0.718. The van der Waals surface area contributed by atoms with E-state index in [0.717, 1.165) is 30.2 Å². The molecule has 1 N–H and O–H groups in total. The minimum absolute atomic E-state index is 0.291. The van der Waals surface area contributed by atoms with Gasteiger partial charge in [0, 0.05) is 6.54 Å². The second kappa shape index (κ2) is 9.50. The van der Waals surface area contributed by atoms with Crippen molar-refractivity contribution in [3.63, 3.8) is 0 Å². The largest absolute Gasteiger partial charge is 0.491 e. The molecule has 132 valence electrons. The first-order valence-corrected chi connectivity index (χ1v) is 8.66. The average Bonchev–Trinajstić information content (AvgIpc) is 2.96. The zero-order valence-corrected chi connectivity index (χ0v) is 14.9. The zero-order valence-electron chi connectivity index (χ0n) is 14.9. The molecule has 0 radical (unpaired) electrons. The second-order valence-corrected chi connectivity index (χ2v) is 6.71. The fraction of sp³-hybridized carbons (Fsp3) is 0.500. The highest BCUT2D eigenvalue weighted by molar-refractivity contribution is 5.20. The highest BCUT2D eigenvalue weighted by Crippen LogP contribution is 2.13. The number of hydrogen-bond acceptors (Lipinski definition) is 4. The summed E-state index contributed by atoms with van der Waals surface area (Å²) in [4.78, 5) is 2.23. The molecule has 0 saturated heterocycles. The van der Waals surface area contributed by atoms with Gasteiger partial charge in [-0.15, -0.1) is 0 Å². The molecule has 0 saturated carbocycles. The number of ether oxygens (including phenoxy) is 1. The van der Waals surface area contributed by atoms with Gasteiger partial charge in [0.05, 0.1) is 6.54 Å². The van der Waals surface area contributed by atoms with E-state index in [1.165, 1.54) is 0 Å². The Morgan fingerprint density at radius 2 is 1.88 bits per heavy atom. The summed E-state index contributed by atoms with van der Waals surface area (Å²) in [7, 11) is 0. The highest BCUT2D eigenvalue weighted by atomic mass is 16.5. The Morgan fingerprint density at radius 3 is 2.50 bits per heavy atom. The van der Waals surface area contributed by atoms with Crippen molar-refractivity contribution in [1.82, 2.24) is 4.90 Å². The normalized spacial score (nSPS) is 12.8. The minimum atomic E-state index is -0.534. The molecule has 0 aliphatic carbocycles. The molecule has 1 heterocycles. The minimum Gasteiger partial charge on any atom is -0.491 e. The van der Waals surface area contributed by atoms with E-state index in [2.05, 4.69) is 18.7 Å². The molecule has 0 bridgehead atoms. The predicted molar refractivity (Wildman–Crippen MR) is 96.1 cm³/mol. The Kier molecular flexibility index (Phi) is 7.35. The summed E-state index contributed by atoms with van der Waals surface area (Å²) in [6.07, 6.45) is 0.555. The van der Waals surface area contributed by atoms with Crippen LogP contribution in [-0.2, 0) is 6.54 Å². The van der Waals surface area contributed by atoms with Crippen LogP contribution in [0.15, 0.2) is 46.9 Å². The third-order valence-electron chi connectivity index (χ3n) is 3.85. The van der Waals surface area contributed by atoms with Gasteiger partial charge < -0.3 is 14.3 Å². The summed E-state index contributed by atoms with van der Waals surface area (Å²) in [5.74, 6) is 3.27. The molecule has 0 unspecified atom stereocenters. The lowest BCUT2D eigenvalue weighted by Gasteiger charge is -2.25. The first-order valence-electron chi connectivity index (χ1n) is 8.66. The molecule has 1 aromatic carbocycles. The summed E-state index contributed by atoms with van der Waals surface area (Å²) in [5, 5.41) is 10.3. The number of para-hydroxylation sites is 1. The Balaban J connectivity index is 1.85. The van der Waals surface area contributed by atoms with Gasteiger partial charge in [0.15, 0.2) is 0 Å². The van der Waals surface area contributed by atoms with Crippen molar-refractivity contribution in [3.05, 3.63) is 54.0 Å². The summed E-state index contributed by atoms with van der Waals surface area (Å²) < 4.78 is 11.3. The Labute approximate surface area is 145 Å². The van der Waals surface area contributed by atoms with Crippen LogP contribution in [0.4, 0.5) is 0 Å². The maximum Gasteiger partial charge on any atom is 0.119 e. The van der Waals surface area contributed by atoms with Crippen molar-refractivity contribution in [3.8, 4) is 5.75 Å². The first kappa shape index (κ1) is 18.6. The number of nitrogens with zero attached hydrogens (tertiary/aromatic N) is 1. The molecule has 4 nitrogen and oxygen atoms in total. The van der Waals surface area contributed by atoms with E-state index in [1.807, 2.05) is 49.4 Å². The Morgan fingerprint density at radius 1 is 1.12 bits per heavy atom. The lowest BCUT2D eigenvalue weighted by molar-refractivity contribution is 0.0615. The maximum atomic E-state index is 10.3. The van der Waals surface area contributed by atoms with Gasteiger partial charge in [-0.05, 0) is 50.1 Å². The molecule has 4 heteroatoms. The molecule has 0 amide bonds. The highest BCUT2D eigenvalue weighted by Gasteiger charge is 2.15. The number of aliphatic hydroxyl groups excluding tert-OH is 1. The van der Waals surface area contributed by atoms with Gasteiger partial charge in [0.2, 0.25) is 0 Å². The van der Waals surface area contributed by atoms with Crippen molar-refractivity contribution in [2.45, 2.75) is 39.8 Å². The molecule has 0 fully saturated rings. The standard InChI is InChI=1S/C20H29NO3/c1-16(2)11-12-21(14-20-10-9-17(3)24-20)13-18(22)15-23-19-7-5-4-6-8-19/h4-10,16,18,22H,11-15H2,1-3H3/t18-/m0/s1. The van der Waals surface area contributed by atoms with Crippen LogP contribution in [-0.4, -0.2) is 35.8 Å². The molecule has 0 aliphatic rings. The zero-order chi connectivity index (χ0) is 17.4. The number of aliphatic hydroxyl groups is 1. The van der Waals surface area contributed by atoms with E-state index in [9.17, 15) is 5.11 Å². The van der Waals surface area contributed by atoms with Gasteiger partial charge in [-0.2, -0.15) is 0 Å². The summed E-state index contributed by atoms with van der Waals surface area (Å²) in [6, 6.07) is 13.6. The fourth-order valence-electron chi connectivity index (χ4n) is 2.53. The number of hydrogen-bond donors (Lipinski definition) is 1. The first-order chi connectivity index (χ1) is 11.5. The summed E-state index contributed by atoms with van der Waals surface area (Å²) in [5.41, 5.74) is 0. The third kappa shape index (κ3) is 6.77. The SMILES string of the molecule is Cc1ccc(CN(CCC(C)C)C[C@H](O)COc2ccccc2)o1. The smallest absolute Gasteiger partial charge is 0.119 e. The monoisotopic (exact) mass is 331 g/mol. The number of benzene rings is 1. The van der Waals surface area contributed by atoms with Gasteiger partial charge in [0.25, 0.3) is 0 Å². The van der Waals surface area contributed by atoms with Gasteiger partial charge >= 0.3 is 0 Å². The van der Waals surface area contributed by atoms with Crippen LogP contribution in [0.1, 0.15) is 31.8 Å². The van der Waals surface area contributed by atoms with Crippen LogP contribution < -0.4 is 4.74 Å². The average molecular weight is 331 g/mol. The fourth-order valence-corrected chi connectivity index (χ4v) is 2.53. The number of aryl methyl sites for hydroxylation is 1. The van der Waals surface area contributed by atoms with E-state index in [1.54, 1.807) is 0 Å². The summed E-state index contributed by atoms with van der Waals surface area (Å²) >= 11 is 0. The summed E-state index contributed by atoms with van der Waals surface area (Å²) in [6.45, 7) is 8.88. The van der Waals surface area contributed by atoms with Crippen molar-refractivity contribution in [2.24, 2.45) is 5.92 Å². The van der Waals surface area contributed by atoms with Crippen LogP contribution >= 0.6 is 0 Å². The Hall–Kier alpha value is -1.78. The third-order valence-corrected chi connectivity index (χ3v) is 3.85. The molecule has 1 aromatic heterocycles. The lowest BCUT2D eigenvalue weighted by atomic mass is 10.1. The van der Waals surface area contributed by atoms with E-state index < -0.39 is 6.10 Å².